The van der Waals surface area contributed by atoms with Crippen molar-refractivity contribution in [1.29, 1.82) is 10.5 Å². The van der Waals surface area contributed by atoms with Crippen LogP contribution in [0.15, 0.2) is 27.8 Å². The minimum Gasteiger partial charge on any atom is -0.276 e. The zero-order valence-corrected chi connectivity index (χ0v) is 9.67. The Bertz CT molecular complexity index is 468. The van der Waals surface area contributed by atoms with Gasteiger partial charge in [0.2, 0.25) is 5.71 Å². The number of hydrogen-bond acceptors (Lipinski definition) is 4. The molecule has 0 aromatic heterocycles. The largest absolute Gasteiger partial charge is 0.276 e. The van der Waals surface area contributed by atoms with Crippen molar-refractivity contribution >= 4 is 38.9 Å². The van der Waals surface area contributed by atoms with E-state index >= 15 is 0 Å². The summed E-state index contributed by atoms with van der Waals surface area (Å²) < 4.78 is 0.708. The maximum absolute atomic E-state index is 8.43. The Morgan fingerprint density at radius 1 is 1.40 bits per heavy atom. The van der Waals surface area contributed by atoms with E-state index in [4.69, 9.17) is 22.1 Å². The molecule has 0 aliphatic carbocycles. The molecule has 4 nitrogen and oxygen atoms in total. The van der Waals surface area contributed by atoms with Crippen molar-refractivity contribution in [3.05, 3.63) is 27.7 Å². The number of nitrogens with zero attached hydrogens (tertiary/aromatic N) is 3. The molecule has 1 aromatic rings. The summed E-state index contributed by atoms with van der Waals surface area (Å²) in [6, 6.07) is 8.32. The van der Waals surface area contributed by atoms with Gasteiger partial charge >= 0.3 is 0 Å². The molecule has 0 saturated heterocycles. The molecule has 0 aliphatic rings. The molecule has 0 saturated carbocycles. The van der Waals surface area contributed by atoms with Gasteiger partial charge in [-0.2, -0.15) is 15.6 Å². The Labute approximate surface area is 99.9 Å². The van der Waals surface area contributed by atoms with E-state index in [0.717, 1.165) is 0 Å². The fourth-order valence-corrected chi connectivity index (χ4v) is 1.26. The third kappa shape index (κ3) is 3.25. The summed E-state index contributed by atoms with van der Waals surface area (Å²) in [5.41, 5.74) is 2.97. The van der Waals surface area contributed by atoms with Crippen LogP contribution in [0.3, 0.4) is 0 Å². The summed E-state index contributed by atoms with van der Waals surface area (Å²) >= 11 is 9.02. The number of rotatable bonds is 2. The molecule has 74 valence electrons. The van der Waals surface area contributed by atoms with Gasteiger partial charge in [0.15, 0.2) is 0 Å². The highest BCUT2D eigenvalue weighted by atomic mass is 79.9. The van der Waals surface area contributed by atoms with Gasteiger partial charge in [-0.15, -0.1) is 0 Å². The first-order chi connectivity index (χ1) is 7.17. The van der Waals surface area contributed by atoms with Crippen LogP contribution in [0.25, 0.3) is 0 Å². The van der Waals surface area contributed by atoms with Gasteiger partial charge in [0, 0.05) is 4.47 Å². The molecule has 0 bridgehead atoms. The Kier molecular flexibility index (Phi) is 4.11. The lowest BCUT2D eigenvalue weighted by Gasteiger charge is -2.01. The molecule has 0 spiro atoms. The van der Waals surface area contributed by atoms with Gasteiger partial charge < -0.3 is 0 Å². The standard InChI is InChI=1S/C9H4BrClN4/c10-8-3-6(1-2-9(8)11)14-15-7(4-12)5-13/h1-3,14H. The summed E-state index contributed by atoms with van der Waals surface area (Å²) in [7, 11) is 0. The summed E-state index contributed by atoms with van der Waals surface area (Å²) in [4.78, 5) is 0. The SMILES string of the molecule is N#CC(C#N)=NNc1ccc(Cl)c(Br)c1. The van der Waals surface area contributed by atoms with Gasteiger partial charge in [-0.1, -0.05) is 11.6 Å². The number of nitrogens with one attached hydrogen (secondary N) is 1. The normalized spacial score (nSPS) is 8.53. The second kappa shape index (κ2) is 5.35. The third-order valence-electron chi connectivity index (χ3n) is 1.43. The van der Waals surface area contributed by atoms with Crippen molar-refractivity contribution < 1.29 is 0 Å². The van der Waals surface area contributed by atoms with E-state index < -0.39 is 0 Å². The number of nitriles is 2. The fraction of sp³-hybridized carbons (Fsp3) is 0. The Balaban J connectivity index is 2.84. The average molecular weight is 284 g/mol. The third-order valence-corrected chi connectivity index (χ3v) is 2.64. The predicted octanol–water partition coefficient (Wildman–Crippen LogP) is 2.92. The monoisotopic (exact) mass is 282 g/mol. The molecular weight excluding hydrogens is 279 g/mol. The summed E-state index contributed by atoms with van der Waals surface area (Å²) in [6.45, 7) is 0. The van der Waals surface area contributed by atoms with Crippen LogP contribution in [0.4, 0.5) is 5.69 Å². The molecule has 0 radical (unpaired) electrons. The van der Waals surface area contributed by atoms with E-state index in [1.807, 2.05) is 0 Å². The molecule has 1 aromatic carbocycles. The van der Waals surface area contributed by atoms with Crippen LogP contribution in [0.5, 0.6) is 0 Å². The van der Waals surface area contributed by atoms with Crippen LogP contribution in [-0.2, 0) is 0 Å². The molecular formula is C9H4BrClN4. The van der Waals surface area contributed by atoms with E-state index in [-0.39, 0.29) is 5.71 Å². The van der Waals surface area contributed by atoms with Gasteiger partial charge in [-0.05, 0) is 34.1 Å². The minimum absolute atomic E-state index is 0.235. The first kappa shape index (κ1) is 11.5. The molecule has 1 rings (SSSR count). The maximum Gasteiger partial charge on any atom is 0.237 e. The van der Waals surface area contributed by atoms with Crippen molar-refractivity contribution in [2.75, 3.05) is 5.43 Å². The smallest absolute Gasteiger partial charge is 0.237 e. The van der Waals surface area contributed by atoms with E-state index in [1.54, 1.807) is 30.3 Å². The van der Waals surface area contributed by atoms with Gasteiger partial charge in [0.1, 0.15) is 12.1 Å². The lowest BCUT2D eigenvalue weighted by atomic mass is 10.3. The van der Waals surface area contributed by atoms with Crippen molar-refractivity contribution in [3.63, 3.8) is 0 Å². The van der Waals surface area contributed by atoms with Crippen LogP contribution in [0.1, 0.15) is 0 Å². The minimum atomic E-state index is -0.235. The molecule has 1 N–H and O–H groups in total. The van der Waals surface area contributed by atoms with Gasteiger partial charge in [0.25, 0.3) is 0 Å². The predicted molar refractivity (Wildman–Crippen MR) is 61.4 cm³/mol. The van der Waals surface area contributed by atoms with E-state index in [0.29, 0.717) is 15.2 Å². The number of hydrogen-bond donors (Lipinski definition) is 1. The molecule has 0 heterocycles. The van der Waals surface area contributed by atoms with Crippen LogP contribution < -0.4 is 5.43 Å². The average Bonchev–Trinajstić information content (AvgIpc) is 2.24. The highest BCUT2D eigenvalue weighted by Gasteiger charge is 1.98. The topological polar surface area (TPSA) is 72.0 Å². The Morgan fingerprint density at radius 3 is 2.60 bits per heavy atom. The summed E-state index contributed by atoms with van der Waals surface area (Å²) in [5.74, 6) is 0. The van der Waals surface area contributed by atoms with Crippen molar-refractivity contribution in [1.82, 2.24) is 0 Å². The maximum atomic E-state index is 8.43. The number of benzene rings is 1. The molecule has 0 atom stereocenters. The second-order valence-corrected chi connectivity index (χ2v) is 3.69. The molecule has 15 heavy (non-hydrogen) atoms. The Morgan fingerprint density at radius 2 is 2.07 bits per heavy atom. The first-order valence-corrected chi connectivity index (χ1v) is 4.93. The lowest BCUT2D eigenvalue weighted by Crippen LogP contribution is -1.96. The molecule has 0 fully saturated rings. The van der Waals surface area contributed by atoms with Gasteiger partial charge in [-0.25, -0.2) is 0 Å². The van der Waals surface area contributed by atoms with Crippen LogP contribution >= 0.6 is 27.5 Å². The number of anilines is 1. The van der Waals surface area contributed by atoms with Crippen molar-refractivity contribution in [2.24, 2.45) is 5.10 Å². The lowest BCUT2D eigenvalue weighted by molar-refractivity contribution is 1.33. The zero-order chi connectivity index (χ0) is 11.3. The van der Waals surface area contributed by atoms with E-state index in [2.05, 4.69) is 26.5 Å². The van der Waals surface area contributed by atoms with Crippen molar-refractivity contribution in [3.8, 4) is 12.1 Å². The number of hydrazone groups is 1. The van der Waals surface area contributed by atoms with Crippen LogP contribution in [-0.4, -0.2) is 5.71 Å². The second-order valence-electron chi connectivity index (χ2n) is 2.42. The fourth-order valence-electron chi connectivity index (χ4n) is 0.761. The van der Waals surface area contributed by atoms with Gasteiger partial charge in [-0.3, -0.25) is 5.43 Å². The van der Waals surface area contributed by atoms with E-state index in [1.165, 1.54) is 0 Å². The quantitative estimate of drug-likeness (QED) is 0.670. The molecule has 0 aliphatic heterocycles. The highest BCUT2D eigenvalue weighted by Crippen LogP contribution is 2.25. The Hall–Kier alpha value is -1.56. The zero-order valence-electron chi connectivity index (χ0n) is 7.33. The molecule has 0 amide bonds. The van der Waals surface area contributed by atoms with Gasteiger partial charge in [0.05, 0.1) is 10.7 Å². The van der Waals surface area contributed by atoms with E-state index in [9.17, 15) is 0 Å². The molecule has 6 heteroatoms. The number of halogens is 2. The summed E-state index contributed by atoms with van der Waals surface area (Å²) in [5, 5.41) is 21.0. The van der Waals surface area contributed by atoms with Crippen LogP contribution in [0, 0.1) is 22.7 Å². The molecule has 0 unspecified atom stereocenters. The highest BCUT2D eigenvalue weighted by molar-refractivity contribution is 9.10. The summed E-state index contributed by atoms with van der Waals surface area (Å²) in [6.07, 6.45) is 0. The van der Waals surface area contributed by atoms with Crippen LogP contribution in [0.2, 0.25) is 5.02 Å². The van der Waals surface area contributed by atoms with Crippen molar-refractivity contribution in [2.45, 2.75) is 0 Å². The first-order valence-electron chi connectivity index (χ1n) is 3.76.